The van der Waals surface area contributed by atoms with Crippen molar-refractivity contribution in [3.8, 4) is 0 Å². The van der Waals surface area contributed by atoms with Crippen LogP contribution in [0.3, 0.4) is 0 Å². The molecule has 3 nitrogen and oxygen atoms in total. The van der Waals surface area contributed by atoms with E-state index in [1.165, 1.54) is 0 Å². The van der Waals surface area contributed by atoms with Gasteiger partial charge in [0.15, 0.2) is 0 Å². The standard InChI is InChI=1S/C13H17BrN2O/c1-9(7-15-2)16-8-11-6-10-4-3-5-12(14)13(10)17-11/h3-6,9,15-16H,7-8H2,1-2H3. The largest absolute Gasteiger partial charge is 0.459 e. The molecular weight excluding hydrogens is 280 g/mol. The van der Waals surface area contributed by atoms with Crippen LogP contribution in [-0.4, -0.2) is 19.6 Å². The van der Waals surface area contributed by atoms with Gasteiger partial charge in [0.05, 0.1) is 11.0 Å². The summed E-state index contributed by atoms with van der Waals surface area (Å²) in [6, 6.07) is 8.58. The molecule has 4 heteroatoms. The van der Waals surface area contributed by atoms with Gasteiger partial charge in [-0.05, 0) is 42.0 Å². The third kappa shape index (κ3) is 3.09. The third-order valence-electron chi connectivity index (χ3n) is 2.68. The third-order valence-corrected chi connectivity index (χ3v) is 3.31. The summed E-state index contributed by atoms with van der Waals surface area (Å²) in [6.45, 7) is 3.85. The van der Waals surface area contributed by atoms with Gasteiger partial charge < -0.3 is 15.1 Å². The highest BCUT2D eigenvalue weighted by atomic mass is 79.9. The fraction of sp³-hybridized carbons (Fsp3) is 0.385. The Balaban J connectivity index is 2.07. The van der Waals surface area contributed by atoms with Gasteiger partial charge >= 0.3 is 0 Å². The van der Waals surface area contributed by atoms with Crippen LogP contribution in [0, 0.1) is 0 Å². The molecule has 17 heavy (non-hydrogen) atoms. The number of furan rings is 1. The molecule has 1 unspecified atom stereocenters. The lowest BCUT2D eigenvalue weighted by Gasteiger charge is -2.11. The Morgan fingerprint density at radius 1 is 1.41 bits per heavy atom. The van der Waals surface area contributed by atoms with Crippen molar-refractivity contribution in [3.63, 3.8) is 0 Å². The van der Waals surface area contributed by atoms with E-state index in [9.17, 15) is 0 Å². The first-order valence-electron chi connectivity index (χ1n) is 5.75. The van der Waals surface area contributed by atoms with Gasteiger partial charge in [-0.2, -0.15) is 0 Å². The number of benzene rings is 1. The number of hydrogen-bond donors (Lipinski definition) is 2. The molecule has 1 aromatic carbocycles. The summed E-state index contributed by atoms with van der Waals surface area (Å²) in [4.78, 5) is 0. The lowest BCUT2D eigenvalue weighted by molar-refractivity contribution is 0.464. The van der Waals surface area contributed by atoms with Gasteiger partial charge in [0.1, 0.15) is 11.3 Å². The lowest BCUT2D eigenvalue weighted by Crippen LogP contribution is -2.34. The quantitative estimate of drug-likeness (QED) is 0.891. The van der Waals surface area contributed by atoms with E-state index in [1.807, 2.05) is 19.2 Å². The van der Waals surface area contributed by atoms with Crippen molar-refractivity contribution in [3.05, 3.63) is 34.5 Å². The van der Waals surface area contributed by atoms with E-state index in [2.05, 4.69) is 45.6 Å². The number of rotatable bonds is 5. The van der Waals surface area contributed by atoms with Crippen molar-refractivity contribution in [2.24, 2.45) is 0 Å². The molecular formula is C13H17BrN2O. The molecule has 0 bridgehead atoms. The summed E-state index contributed by atoms with van der Waals surface area (Å²) in [5.41, 5.74) is 0.922. The fourth-order valence-corrected chi connectivity index (χ4v) is 2.28. The van der Waals surface area contributed by atoms with Crippen molar-refractivity contribution < 1.29 is 4.42 Å². The molecule has 1 atom stereocenters. The molecule has 1 aromatic heterocycles. The van der Waals surface area contributed by atoms with Gasteiger partial charge in [-0.3, -0.25) is 0 Å². The monoisotopic (exact) mass is 296 g/mol. The van der Waals surface area contributed by atoms with Crippen molar-refractivity contribution in [2.75, 3.05) is 13.6 Å². The number of likely N-dealkylation sites (N-methyl/N-ethyl adjacent to an activating group) is 1. The minimum atomic E-state index is 0.427. The van der Waals surface area contributed by atoms with Gasteiger partial charge in [-0.1, -0.05) is 12.1 Å². The fourth-order valence-electron chi connectivity index (χ4n) is 1.82. The first kappa shape index (κ1) is 12.6. The molecule has 0 amide bonds. The second-order valence-corrected chi connectivity index (χ2v) is 5.06. The van der Waals surface area contributed by atoms with Crippen LogP contribution >= 0.6 is 15.9 Å². The molecule has 1 heterocycles. The first-order valence-corrected chi connectivity index (χ1v) is 6.55. The van der Waals surface area contributed by atoms with Crippen LogP contribution in [0.5, 0.6) is 0 Å². The molecule has 0 saturated carbocycles. The molecule has 2 rings (SSSR count). The van der Waals surface area contributed by atoms with Gasteiger partial charge in [-0.25, -0.2) is 0 Å². The van der Waals surface area contributed by atoms with Gasteiger partial charge in [-0.15, -0.1) is 0 Å². The predicted molar refractivity (Wildman–Crippen MR) is 74.1 cm³/mol. The van der Waals surface area contributed by atoms with Gasteiger partial charge in [0.2, 0.25) is 0 Å². The molecule has 2 N–H and O–H groups in total. The maximum Gasteiger partial charge on any atom is 0.148 e. The van der Waals surface area contributed by atoms with E-state index in [0.29, 0.717) is 6.04 Å². The molecule has 0 aliphatic heterocycles. The zero-order chi connectivity index (χ0) is 12.3. The first-order chi connectivity index (χ1) is 8.20. The summed E-state index contributed by atoms with van der Waals surface area (Å²) in [5.74, 6) is 0.967. The highest BCUT2D eigenvalue weighted by Crippen LogP contribution is 2.26. The second kappa shape index (κ2) is 5.67. The zero-order valence-electron chi connectivity index (χ0n) is 10.1. The molecule has 0 fully saturated rings. The minimum absolute atomic E-state index is 0.427. The zero-order valence-corrected chi connectivity index (χ0v) is 11.7. The summed E-state index contributed by atoms with van der Waals surface area (Å²) < 4.78 is 6.80. The highest BCUT2D eigenvalue weighted by molar-refractivity contribution is 9.10. The van der Waals surface area contributed by atoms with Gasteiger partial charge in [0.25, 0.3) is 0 Å². The van der Waals surface area contributed by atoms with Crippen LogP contribution < -0.4 is 10.6 Å². The Morgan fingerprint density at radius 2 is 2.24 bits per heavy atom. The van der Waals surface area contributed by atoms with Crippen molar-refractivity contribution in [2.45, 2.75) is 19.5 Å². The van der Waals surface area contributed by atoms with E-state index in [0.717, 1.165) is 34.3 Å². The van der Waals surface area contributed by atoms with E-state index in [-0.39, 0.29) is 0 Å². The van der Waals surface area contributed by atoms with Crippen LogP contribution in [0.1, 0.15) is 12.7 Å². The van der Waals surface area contributed by atoms with Crippen molar-refractivity contribution >= 4 is 26.9 Å². The topological polar surface area (TPSA) is 37.2 Å². The molecule has 0 radical (unpaired) electrons. The molecule has 0 aliphatic carbocycles. The Labute approximate surface area is 110 Å². The number of para-hydroxylation sites is 1. The molecule has 0 aliphatic rings. The smallest absolute Gasteiger partial charge is 0.148 e. The van der Waals surface area contributed by atoms with Crippen LogP contribution in [0.25, 0.3) is 11.0 Å². The second-order valence-electron chi connectivity index (χ2n) is 4.21. The van der Waals surface area contributed by atoms with E-state index in [1.54, 1.807) is 0 Å². The van der Waals surface area contributed by atoms with E-state index < -0.39 is 0 Å². The highest BCUT2D eigenvalue weighted by Gasteiger charge is 2.07. The maximum absolute atomic E-state index is 5.80. The molecule has 0 saturated heterocycles. The lowest BCUT2D eigenvalue weighted by atomic mass is 10.2. The summed E-state index contributed by atoms with van der Waals surface area (Å²) in [5, 5.41) is 7.68. The van der Waals surface area contributed by atoms with E-state index >= 15 is 0 Å². The predicted octanol–water partition coefficient (Wildman–Crippen LogP) is 2.89. The summed E-state index contributed by atoms with van der Waals surface area (Å²) in [6.07, 6.45) is 0. The molecule has 92 valence electrons. The van der Waals surface area contributed by atoms with Gasteiger partial charge in [0, 0.05) is 18.0 Å². The number of fused-ring (bicyclic) bond motifs is 1. The minimum Gasteiger partial charge on any atom is -0.459 e. The van der Waals surface area contributed by atoms with Crippen LogP contribution in [0.15, 0.2) is 33.2 Å². The van der Waals surface area contributed by atoms with Crippen molar-refractivity contribution in [1.82, 2.24) is 10.6 Å². The van der Waals surface area contributed by atoms with Crippen LogP contribution in [-0.2, 0) is 6.54 Å². The SMILES string of the molecule is CNCC(C)NCc1cc2cccc(Br)c2o1. The normalized spacial score (nSPS) is 13.1. The average molecular weight is 297 g/mol. The molecule has 2 aromatic rings. The number of nitrogens with one attached hydrogen (secondary N) is 2. The Hall–Kier alpha value is -0.840. The van der Waals surface area contributed by atoms with E-state index in [4.69, 9.17) is 4.42 Å². The van der Waals surface area contributed by atoms with Crippen LogP contribution in [0.2, 0.25) is 0 Å². The number of hydrogen-bond acceptors (Lipinski definition) is 3. The maximum atomic E-state index is 5.80. The summed E-state index contributed by atoms with van der Waals surface area (Å²) in [7, 11) is 1.95. The Bertz CT molecular complexity index is 495. The Kier molecular flexibility index (Phi) is 4.20. The average Bonchev–Trinajstić information content (AvgIpc) is 2.71. The van der Waals surface area contributed by atoms with Crippen LogP contribution in [0.4, 0.5) is 0 Å². The Morgan fingerprint density at radius 3 is 2.94 bits per heavy atom. The van der Waals surface area contributed by atoms with Crippen molar-refractivity contribution in [1.29, 1.82) is 0 Å². The summed E-state index contributed by atoms with van der Waals surface area (Å²) >= 11 is 3.49. The number of halogens is 1. The molecule has 0 spiro atoms.